The van der Waals surface area contributed by atoms with E-state index in [1.165, 1.54) is 10.5 Å². The Morgan fingerprint density at radius 3 is 2.37 bits per heavy atom. The smallest absolute Gasteiger partial charge is 0.270 e. The van der Waals surface area contributed by atoms with Crippen LogP contribution in [0.2, 0.25) is 0 Å². The molecule has 0 aliphatic rings. The van der Waals surface area contributed by atoms with Crippen LogP contribution in [0.5, 0.6) is 5.75 Å². The first-order valence-corrected chi connectivity index (χ1v) is 11.0. The zero-order chi connectivity index (χ0) is 25.0. The summed E-state index contributed by atoms with van der Waals surface area (Å²) >= 11 is 0. The van der Waals surface area contributed by atoms with Crippen molar-refractivity contribution in [2.45, 2.75) is 25.5 Å². The maximum Gasteiger partial charge on any atom is 0.270 e. The molecule has 2 aromatic heterocycles. The number of aliphatic hydroxyl groups is 2. The maximum absolute atomic E-state index is 14.0. The lowest BCUT2D eigenvalue weighted by atomic mass is 9.92. The fraction of sp³-hybridized carbons (Fsp3) is 0.231. The average molecular weight is 481 g/mol. The van der Waals surface area contributed by atoms with Crippen LogP contribution in [0.1, 0.15) is 27.3 Å². The second-order valence-electron chi connectivity index (χ2n) is 8.31. The van der Waals surface area contributed by atoms with E-state index in [1.54, 1.807) is 25.3 Å². The lowest BCUT2D eigenvalue weighted by Crippen LogP contribution is -2.56. The van der Waals surface area contributed by atoms with Crippen LogP contribution >= 0.6 is 0 Å². The van der Waals surface area contributed by atoms with E-state index >= 15 is 0 Å². The summed E-state index contributed by atoms with van der Waals surface area (Å²) in [5.41, 5.74) is 0.163. The molecule has 0 atom stereocenters. The third-order valence-corrected chi connectivity index (χ3v) is 5.81. The number of aryl methyl sites for hydroxylation is 1. The minimum Gasteiger partial charge on any atom is -0.485 e. The standard InChI is InChI=1S/C26H25F2N3O4/c1-17-23(25(34)30-26(15-32,16-33)13-18-7-3-2-4-8-18)31-12-6-11-22(24(31)29-17)35-14-19-20(27)9-5-10-21(19)28/h2-12,32-33H,13-16H2,1H3,(H,30,34). The molecular formula is C26H25F2N3O4. The zero-order valence-corrected chi connectivity index (χ0v) is 19.0. The van der Waals surface area contributed by atoms with Crippen LogP contribution in [0.25, 0.3) is 5.65 Å². The Morgan fingerprint density at radius 2 is 1.71 bits per heavy atom. The van der Waals surface area contributed by atoms with Gasteiger partial charge >= 0.3 is 0 Å². The molecule has 0 saturated heterocycles. The van der Waals surface area contributed by atoms with Crippen LogP contribution in [0.15, 0.2) is 66.9 Å². The molecule has 0 spiro atoms. The number of benzene rings is 2. The summed E-state index contributed by atoms with van der Waals surface area (Å²) in [6.45, 7) is 0.310. The van der Waals surface area contributed by atoms with Gasteiger partial charge in [0, 0.05) is 12.6 Å². The summed E-state index contributed by atoms with van der Waals surface area (Å²) in [4.78, 5) is 17.7. The van der Waals surface area contributed by atoms with Gasteiger partial charge < -0.3 is 20.3 Å². The van der Waals surface area contributed by atoms with Gasteiger partial charge in [0.15, 0.2) is 11.4 Å². The molecule has 0 radical (unpaired) electrons. The fourth-order valence-corrected chi connectivity index (χ4v) is 3.93. The Hall–Kier alpha value is -3.82. The fourth-order valence-electron chi connectivity index (χ4n) is 3.93. The number of amides is 1. The number of halogens is 2. The van der Waals surface area contributed by atoms with Crippen molar-refractivity contribution in [3.8, 4) is 5.75 Å². The Bertz CT molecular complexity index is 1320. The maximum atomic E-state index is 14.0. The van der Waals surface area contributed by atoms with Crippen molar-refractivity contribution < 1.29 is 28.5 Å². The minimum atomic E-state index is -1.30. The van der Waals surface area contributed by atoms with Gasteiger partial charge in [0.1, 0.15) is 23.9 Å². The van der Waals surface area contributed by atoms with E-state index in [9.17, 15) is 23.8 Å². The monoisotopic (exact) mass is 481 g/mol. The van der Waals surface area contributed by atoms with E-state index in [0.717, 1.165) is 17.7 Å². The van der Waals surface area contributed by atoms with Crippen LogP contribution in [-0.2, 0) is 13.0 Å². The Balaban J connectivity index is 1.62. The van der Waals surface area contributed by atoms with Crippen LogP contribution < -0.4 is 10.1 Å². The van der Waals surface area contributed by atoms with E-state index in [4.69, 9.17) is 4.74 Å². The molecule has 7 nitrogen and oxygen atoms in total. The second-order valence-corrected chi connectivity index (χ2v) is 8.31. The zero-order valence-electron chi connectivity index (χ0n) is 19.0. The van der Waals surface area contributed by atoms with E-state index < -0.39 is 36.3 Å². The number of hydrogen-bond donors (Lipinski definition) is 3. The highest BCUT2D eigenvalue weighted by atomic mass is 19.1. The predicted octanol–water partition coefficient (Wildman–Crippen LogP) is 3.20. The van der Waals surface area contributed by atoms with Gasteiger partial charge in [-0.2, -0.15) is 0 Å². The molecule has 0 saturated carbocycles. The lowest BCUT2D eigenvalue weighted by Gasteiger charge is -2.31. The quantitative estimate of drug-likeness (QED) is 0.341. The molecule has 0 fully saturated rings. The summed E-state index contributed by atoms with van der Waals surface area (Å²) in [5, 5.41) is 22.9. The van der Waals surface area contributed by atoms with E-state index in [0.29, 0.717) is 5.69 Å². The normalized spacial score (nSPS) is 11.6. The topological polar surface area (TPSA) is 96.1 Å². The summed E-state index contributed by atoms with van der Waals surface area (Å²) in [6.07, 6.45) is 1.82. The predicted molar refractivity (Wildman–Crippen MR) is 125 cm³/mol. The lowest BCUT2D eigenvalue weighted by molar-refractivity contribution is 0.0662. The van der Waals surface area contributed by atoms with Crippen molar-refractivity contribution in [1.29, 1.82) is 0 Å². The van der Waals surface area contributed by atoms with Gasteiger partial charge in [-0.25, -0.2) is 13.8 Å². The number of aliphatic hydroxyl groups excluding tert-OH is 2. The van der Waals surface area contributed by atoms with Crippen LogP contribution in [0, 0.1) is 18.6 Å². The molecule has 0 aliphatic carbocycles. The molecule has 2 heterocycles. The van der Waals surface area contributed by atoms with Crippen molar-refractivity contribution in [3.05, 3.63) is 101 Å². The van der Waals surface area contributed by atoms with Crippen molar-refractivity contribution in [1.82, 2.24) is 14.7 Å². The third kappa shape index (κ3) is 5.01. The molecule has 4 aromatic rings. The highest BCUT2D eigenvalue weighted by molar-refractivity contribution is 5.95. The second kappa shape index (κ2) is 10.2. The van der Waals surface area contributed by atoms with Gasteiger partial charge in [0.2, 0.25) is 0 Å². The van der Waals surface area contributed by atoms with Crippen LogP contribution in [0.4, 0.5) is 8.78 Å². The number of rotatable bonds is 9. The average Bonchev–Trinajstić information content (AvgIpc) is 3.20. The van der Waals surface area contributed by atoms with Crippen molar-refractivity contribution in [2.75, 3.05) is 13.2 Å². The molecule has 35 heavy (non-hydrogen) atoms. The molecule has 9 heteroatoms. The first kappa shape index (κ1) is 24.3. The number of carbonyl (C=O) groups is 1. The molecule has 0 aliphatic heterocycles. The number of ether oxygens (including phenoxy) is 1. The first-order valence-electron chi connectivity index (χ1n) is 11.0. The largest absolute Gasteiger partial charge is 0.485 e. The number of fused-ring (bicyclic) bond motifs is 1. The SMILES string of the molecule is Cc1nc2c(OCc3c(F)cccc3F)cccn2c1C(=O)NC(CO)(CO)Cc1ccccc1. The number of carbonyl (C=O) groups excluding carboxylic acids is 1. The number of aromatic nitrogens is 2. The third-order valence-electron chi connectivity index (χ3n) is 5.81. The Kier molecular flexibility index (Phi) is 7.09. The van der Waals surface area contributed by atoms with Crippen molar-refractivity contribution in [2.24, 2.45) is 0 Å². The number of hydrogen-bond acceptors (Lipinski definition) is 5. The summed E-state index contributed by atoms with van der Waals surface area (Å²) in [7, 11) is 0. The van der Waals surface area contributed by atoms with Crippen molar-refractivity contribution >= 4 is 11.6 Å². The summed E-state index contributed by atoms with van der Waals surface area (Å²) < 4.78 is 35.1. The minimum absolute atomic E-state index is 0.182. The number of imidazole rings is 1. The highest BCUT2D eigenvalue weighted by Gasteiger charge is 2.33. The molecule has 3 N–H and O–H groups in total. The van der Waals surface area contributed by atoms with Gasteiger partial charge in [-0.3, -0.25) is 9.20 Å². The molecular weight excluding hydrogens is 456 g/mol. The molecule has 2 aromatic carbocycles. The summed E-state index contributed by atoms with van der Waals surface area (Å²) in [6, 6.07) is 16.0. The summed E-state index contributed by atoms with van der Waals surface area (Å²) in [5.74, 6) is -1.76. The molecule has 182 valence electrons. The van der Waals surface area contributed by atoms with Gasteiger partial charge in [0.25, 0.3) is 5.91 Å². The Morgan fingerprint density at radius 1 is 1.03 bits per heavy atom. The van der Waals surface area contributed by atoms with Crippen molar-refractivity contribution in [3.63, 3.8) is 0 Å². The van der Waals surface area contributed by atoms with Gasteiger partial charge in [-0.15, -0.1) is 0 Å². The number of nitrogens with one attached hydrogen (secondary N) is 1. The molecule has 4 rings (SSSR count). The highest BCUT2D eigenvalue weighted by Crippen LogP contribution is 2.25. The first-order chi connectivity index (χ1) is 16.9. The van der Waals surface area contributed by atoms with Gasteiger partial charge in [0.05, 0.1) is 30.0 Å². The number of nitrogens with zero attached hydrogens (tertiary/aromatic N) is 2. The van der Waals surface area contributed by atoms with E-state index in [2.05, 4.69) is 10.3 Å². The number of pyridine rings is 1. The molecule has 1 amide bonds. The van der Waals surface area contributed by atoms with Crippen LogP contribution in [0.3, 0.4) is 0 Å². The van der Waals surface area contributed by atoms with Gasteiger partial charge in [-0.1, -0.05) is 36.4 Å². The molecule has 0 unspecified atom stereocenters. The van der Waals surface area contributed by atoms with E-state index in [-0.39, 0.29) is 35.7 Å². The van der Waals surface area contributed by atoms with Crippen LogP contribution in [-0.4, -0.2) is 44.3 Å². The van der Waals surface area contributed by atoms with E-state index in [1.807, 2.05) is 30.3 Å². The molecule has 0 bridgehead atoms. The Labute approximate surface area is 200 Å². The van der Waals surface area contributed by atoms with Gasteiger partial charge in [-0.05, 0) is 36.8 Å².